The van der Waals surface area contributed by atoms with Gasteiger partial charge in [0.1, 0.15) is 0 Å². The van der Waals surface area contributed by atoms with Gasteiger partial charge >= 0.3 is 0 Å². The number of aliphatic hydroxyl groups excluding tert-OH is 1. The average molecular weight is 238 g/mol. The molecule has 0 spiro atoms. The van der Waals surface area contributed by atoms with Crippen LogP contribution in [0.5, 0.6) is 0 Å². The third-order valence-corrected chi connectivity index (χ3v) is 5.16. The molecule has 0 aromatic carbocycles. The molecule has 0 saturated heterocycles. The fourth-order valence-electron chi connectivity index (χ4n) is 4.04. The Morgan fingerprint density at radius 2 is 1.71 bits per heavy atom. The van der Waals surface area contributed by atoms with Crippen molar-refractivity contribution in [1.82, 2.24) is 0 Å². The maximum atomic E-state index is 10.5. The molecular weight excluding hydrogens is 208 g/mol. The molecule has 1 nitrogen and oxygen atoms in total. The van der Waals surface area contributed by atoms with Crippen molar-refractivity contribution in [2.45, 2.75) is 77.7 Å². The lowest BCUT2D eigenvalue weighted by Gasteiger charge is -2.30. The van der Waals surface area contributed by atoms with Crippen LogP contribution in [-0.4, -0.2) is 11.2 Å². The Balaban J connectivity index is 1.81. The fraction of sp³-hybridized carbons (Fsp3) is 1.00. The number of rotatable bonds is 4. The Labute approximate surface area is 107 Å². The van der Waals surface area contributed by atoms with Gasteiger partial charge in [-0.2, -0.15) is 0 Å². The summed E-state index contributed by atoms with van der Waals surface area (Å²) in [6.07, 6.45) is 12.2. The van der Waals surface area contributed by atoms with Crippen molar-refractivity contribution in [1.29, 1.82) is 0 Å². The van der Waals surface area contributed by atoms with Crippen molar-refractivity contribution >= 4 is 0 Å². The van der Waals surface area contributed by atoms with Crippen molar-refractivity contribution in [3.63, 3.8) is 0 Å². The first kappa shape index (κ1) is 13.4. The van der Waals surface area contributed by atoms with Crippen LogP contribution in [0.25, 0.3) is 0 Å². The minimum absolute atomic E-state index is 0.0249. The first-order chi connectivity index (χ1) is 8.18. The SMILES string of the molecule is CC(C)CCC1CCC(C2CCCCC2)C1O. The van der Waals surface area contributed by atoms with E-state index in [0.29, 0.717) is 11.8 Å². The molecule has 17 heavy (non-hydrogen) atoms. The lowest BCUT2D eigenvalue weighted by molar-refractivity contribution is 0.0491. The van der Waals surface area contributed by atoms with Crippen molar-refractivity contribution in [3.8, 4) is 0 Å². The molecule has 1 N–H and O–H groups in total. The Morgan fingerprint density at radius 3 is 2.35 bits per heavy atom. The minimum Gasteiger partial charge on any atom is -0.393 e. The van der Waals surface area contributed by atoms with Gasteiger partial charge < -0.3 is 5.11 Å². The zero-order valence-electron chi connectivity index (χ0n) is 11.7. The Hall–Kier alpha value is -0.0400. The highest BCUT2D eigenvalue weighted by Gasteiger charge is 2.38. The van der Waals surface area contributed by atoms with Crippen LogP contribution in [0.2, 0.25) is 0 Å². The van der Waals surface area contributed by atoms with Gasteiger partial charge in [0.05, 0.1) is 6.10 Å². The molecule has 1 heteroatoms. The Kier molecular flexibility index (Phi) is 4.90. The second-order valence-corrected chi connectivity index (χ2v) is 6.86. The zero-order valence-corrected chi connectivity index (χ0v) is 11.7. The average Bonchev–Trinajstić information content (AvgIpc) is 2.69. The van der Waals surface area contributed by atoms with Gasteiger partial charge in [-0.05, 0) is 42.9 Å². The van der Waals surface area contributed by atoms with Gasteiger partial charge in [-0.3, -0.25) is 0 Å². The molecule has 3 atom stereocenters. The Morgan fingerprint density at radius 1 is 1.00 bits per heavy atom. The smallest absolute Gasteiger partial charge is 0.0599 e. The van der Waals surface area contributed by atoms with Gasteiger partial charge in [-0.1, -0.05) is 52.4 Å². The summed E-state index contributed by atoms with van der Waals surface area (Å²) in [4.78, 5) is 0. The fourth-order valence-corrected chi connectivity index (χ4v) is 4.04. The van der Waals surface area contributed by atoms with Gasteiger partial charge in [-0.15, -0.1) is 0 Å². The van der Waals surface area contributed by atoms with E-state index in [1.165, 1.54) is 57.8 Å². The van der Waals surface area contributed by atoms with E-state index in [0.717, 1.165) is 11.8 Å². The number of hydrogen-bond acceptors (Lipinski definition) is 1. The summed E-state index contributed by atoms with van der Waals surface area (Å²) >= 11 is 0. The van der Waals surface area contributed by atoms with E-state index in [9.17, 15) is 5.11 Å². The molecule has 0 aliphatic heterocycles. The van der Waals surface area contributed by atoms with Crippen LogP contribution < -0.4 is 0 Å². The van der Waals surface area contributed by atoms with E-state index in [1.807, 2.05) is 0 Å². The molecular formula is C16H30O. The molecule has 2 aliphatic rings. The molecule has 0 heterocycles. The normalized spacial score (nSPS) is 35.6. The van der Waals surface area contributed by atoms with Crippen molar-refractivity contribution in [3.05, 3.63) is 0 Å². The van der Waals surface area contributed by atoms with E-state index >= 15 is 0 Å². The van der Waals surface area contributed by atoms with Crippen LogP contribution in [0.3, 0.4) is 0 Å². The van der Waals surface area contributed by atoms with Crippen LogP contribution >= 0.6 is 0 Å². The highest BCUT2D eigenvalue weighted by atomic mass is 16.3. The standard InChI is InChI=1S/C16H30O/c1-12(2)8-9-14-10-11-15(16(14)17)13-6-4-3-5-7-13/h12-17H,3-11H2,1-2H3. The summed E-state index contributed by atoms with van der Waals surface area (Å²) < 4.78 is 0. The lowest BCUT2D eigenvalue weighted by Crippen LogP contribution is -2.28. The van der Waals surface area contributed by atoms with E-state index in [2.05, 4.69) is 13.8 Å². The summed E-state index contributed by atoms with van der Waals surface area (Å²) in [6.45, 7) is 4.58. The molecule has 2 rings (SSSR count). The van der Waals surface area contributed by atoms with Crippen molar-refractivity contribution < 1.29 is 5.11 Å². The number of hydrogen-bond donors (Lipinski definition) is 1. The van der Waals surface area contributed by atoms with E-state index in [4.69, 9.17) is 0 Å². The predicted molar refractivity (Wildman–Crippen MR) is 72.9 cm³/mol. The van der Waals surface area contributed by atoms with Crippen molar-refractivity contribution in [2.75, 3.05) is 0 Å². The molecule has 100 valence electrons. The second kappa shape index (κ2) is 6.22. The van der Waals surface area contributed by atoms with Crippen LogP contribution in [0.15, 0.2) is 0 Å². The van der Waals surface area contributed by atoms with Crippen LogP contribution in [-0.2, 0) is 0 Å². The monoisotopic (exact) mass is 238 g/mol. The lowest BCUT2D eigenvalue weighted by atomic mass is 9.77. The Bertz CT molecular complexity index is 218. The molecule has 0 amide bonds. The molecule has 2 aliphatic carbocycles. The van der Waals surface area contributed by atoms with Gasteiger partial charge in [0.2, 0.25) is 0 Å². The molecule has 2 saturated carbocycles. The second-order valence-electron chi connectivity index (χ2n) is 6.86. The third kappa shape index (κ3) is 3.47. The summed E-state index contributed by atoms with van der Waals surface area (Å²) in [5.74, 6) is 2.90. The van der Waals surface area contributed by atoms with Crippen LogP contribution in [0.4, 0.5) is 0 Å². The molecule has 0 radical (unpaired) electrons. The van der Waals surface area contributed by atoms with E-state index in [1.54, 1.807) is 0 Å². The van der Waals surface area contributed by atoms with Crippen molar-refractivity contribution in [2.24, 2.45) is 23.7 Å². The summed E-state index contributed by atoms with van der Waals surface area (Å²) in [6, 6.07) is 0. The van der Waals surface area contributed by atoms with Gasteiger partial charge in [0.25, 0.3) is 0 Å². The van der Waals surface area contributed by atoms with Crippen LogP contribution in [0.1, 0.15) is 71.6 Å². The van der Waals surface area contributed by atoms with E-state index < -0.39 is 0 Å². The van der Waals surface area contributed by atoms with Crippen LogP contribution in [0, 0.1) is 23.7 Å². The van der Waals surface area contributed by atoms with E-state index in [-0.39, 0.29) is 6.10 Å². The summed E-state index contributed by atoms with van der Waals surface area (Å²) in [7, 11) is 0. The summed E-state index contributed by atoms with van der Waals surface area (Å²) in [5.41, 5.74) is 0. The van der Waals surface area contributed by atoms with Gasteiger partial charge in [0, 0.05) is 0 Å². The molecule has 0 bridgehead atoms. The molecule has 0 aromatic heterocycles. The molecule has 2 fully saturated rings. The zero-order chi connectivity index (χ0) is 12.3. The largest absolute Gasteiger partial charge is 0.393 e. The van der Waals surface area contributed by atoms with Gasteiger partial charge in [-0.25, -0.2) is 0 Å². The highest BCUT2D eigenvalue weighted by Crippen LogP contribution is 2.43. The topological polar surface area (TPSA) is 20.2 Å². The maximum absolute atomic E-state index is 10.5. The first-order valence-electron chi connectivity index (χ1n) is 7.86. The molecule has 3 unspecified atom stereocenters. The first-order valence-corrected chi connectivity index (χ1v) is 7.86. The third-order valence-electron chi connectivity index (χ3n) is 5.16. The predicted octanol–water partition coefficient (Wildman–Crippen LogP) is 4.39. The maximum Gasteiger partial charge on any atom is 0.0599 e. The summed E-state index contributed by atoms with van der Waals surface area (Å²) in [5, 5.41) is 10.5. The quantitative estimate of drug-likeness (QED) is 0.770. The highest BCUT2D eigenvalue weighted by molar-refractivity contribution is 4.89. The minimum atomic E-state index is 0.0249. The molecule has 0 aromatic rings. The van der Waals surface area contributed by atoms with Gasteiger partial charge in [0.15, 0.2) is 0 Å². The number of aliphatic hydroxyl groups is 1.